The summed E-state index contributed by atoms with van der Waals surface area (Å²) in [6.07, 6.45) is 10.9. The van der Waals surface area contributed by atoms with Crippen molar-refractivity contribution < 1.29 is 33.2 Å². The van der Waals surface area contributed by atoms with Crippen molar-refractivity contribution >= 4 is 46.4 Å². The highest BCUT2D eigenvalue weighted by Gasteiger charge is 2.46. The number of rotatable bonds is 22. The van der Waals surface area contributed by atoms with Gasteiger partial charge in [-0.15, -0.1) is 11.3 Å². The van der Waals surface area contributed by atoms with Crippen LogP contribution in [0.3, 0.4) is 0 Å². The second-order valence-electron chi connectivity index (χ2n) is 20.0. The lowest BCUT2D eigenvalue weighted by Crippen LogP contribution is -2.58. The highest BCUT2D eigenvalue weighted by Crippen LogP contribution is 2.36. The van der Waals surface area contributed by atoms with E-state index in [1.807, 2.05) is 89.0 Å². The average Bonchev–Trinajstić information content (AvgIpc) is 4.19. The molecule has 3 aromatic heterocycles. The van der Waals surface area contributed by atoms with E-state index in [1.54, 1.807) is 23.9 Å². The summed E-state index contributed by atoms with van der Waals surface area (Å²) in [6.45, 7) is 17.9. The third-order valence-electron chi connectivity index (χ3n) is 13.3. The number of esters is 1. The number of hydrogen-bond acceptors (Lipinski definition) is 12. The Morgan fingerprint density at radius 3 is 2.24 bits per heavy atom. The minimum atomic E-state index is -0.965. The number of carbonyl (C=O) groups excluding carboxylic acids is 4. The third kappa shape index (κ3) is 13.4. The highest BCUT2D eigenvalue weighted by molar-refractivity contribution is 7.13. The van der Waals surface area contributed by atoms with Gasteiger partial charge in [0.2, 0.25) is 17.7 Å². The molecule has 3 amide bonds. The zero-order chi connectivity index (χ0) is 51.5. The summed E-state index contributed by atoms with van der Waals surface area (Å²) >= 11 is 1.58. The van der Waals surface area contributed by atoms with Gasteiger partial charge in [0.25, 0.3) is 0 Å². The molecule has 382 valence electrons. The molecule has 0 bridgehead atoms. The van der Waals surface area contributed by atoms with Crippen LogP contribution in [-0.2, 0) is 28.7 Å². The monoisotopic (exact) mass is 999 g/mol. The normalized spacial score (nSPS) is 15.5. The molecule has 0 aliphatic carbocycles. The molecule has 0 saturated carbocycles. The molecule has 16 heteroatoms. The van der Waals surface area contributed by atoms with Gasteiger partial charge >= 0.3 is 5.97 Å². The molecular formula is C56H70N8O7S. The molecule has 72 heavy (non-hydrogen) atoms. The van der Waals surface area contributed by atoms with Crippen LogP contribution >= 0.6 is 11.3 Å². The fourth-order valence-electron chi connectivity index (χ4n) is 9.42. The van der Waals surface area contributed by atoms with Gasteiger partial charge in [-0.25, -0.2) is 9.97 Å². The van der Waals surface area contributed by atoms with E-state index in [2.05, 4.69) is 80.0 Å². The van der Waals surface area contributed by atoms with E-state index in [-0.39, 0.29) is 31.5 Å². The summed E-state index contributed by atoms with van der Waals surface area (Å²) in [4.78, 5) is 67.2. The molecule has 1 aliphatic rings. The molecule has 0 radical (unpaired) electrons. The standard InChI is InChI=1S/C56H70N8O7S/c1-36-16-17-44(51-38(3)61-71-40(51)5)30-48(36)63(46-24-22-45(23-25-46)62-28-26-57-34-62)27-14-12-10-11-13-15-29-69-33-50(66)60-53(56(7,8)9)55(68)64-32-47(70-41(6)65)31-49(64)54(67)59-37(2)42-18-20-43(21-19-42)52-39(4)58-35-72-52/h16-26,28,30,34-35,37,47,49,53H,10-15,27,29,31-33H2,1-9H3,(H,59,67)(H,60,66)/t37?,47-,49+,53?/m1/s1. The van der Waals surface area contributed by atoms with Gasteiger partial charge in [0.15, 0.2) is 0 Å². The molecule has 7 rings (SSSR count). The molecule has 4 atom stereocenters. The fourth-order valence-corrected chi connectivity index (χ4v) is 10.2. The summed E-state index contributed by atoms with van der Waals surface area (Å²) in [5.41, 5.74) is 11.5. The summed E-state index contributed by atoms with van der Waals surface area (Å²) < 4.78 is 18.9. The number of aryl methyl sites for hydroxylation is 4. The third-order valence-corrected chi connectivity index (χ3v) is 14.3. The molecule has 6 aromatic rings. The van der Waals surface area contributed by atoms with Gasteiger partial charge in [-0.1, -0.05) is 88.0 Å². The van der Waals surface area contributed by atoms with Crippen LogP contribution < -0.4 is 15.5 Å². The van der Waals surface area contributed by atoms with E-state index >= 15 is 0 Å². The second kappa shape index (κ2) is 24.2. The molecule has 3 aromatic carbocycles. The lowest BCUT2D eigenvalue weighted by molar-refractivity contribution is -0.147. The SMILES string of the molecule is CC(=O)O[C@@H]1C[C@@H](C(=O)NC(C)c2ccc(-c3scnc3C)cc2)N(C(=O)C(NC(=O)COCCCCCCCCN(c2ccc(-n3ccnc3)cc2)c2cc(-c3c(C)noc3C)ccc2C)C(C)(C)C)C1. The molecule has 0 spiro atoms. The Morgan fingerprint density at radius 1 is 0.889 bits per heavy atom. The Labute approximate surface area is 427 Å². The van der Waals surface area contributed by atoms with Gasteiger partial charge in [-0.3, -0.25) is 19.2 Å². The lowest BCUT2D eigenvalue weighted by atomic mass is 9.85. The predicted molar refractivity (Wildman–Crippen MR) is 281 cm³/mol. The first-order chi connectivity index (χ1) is 34.5. The van der Waals surface area contributed by atoms with E-state index in [1.165, 1.54) is 17.4 Å². The van der Waals surface area contributed by atoms with Crippen LogP contribution in [0.4, 0.5) is 11.4 Å². The van der Waals surface area contributed by atoms with Crippen molar-refractivity contribution in [2.24, 2.45) is 5.41 Å². The van der Waals surface area contributed by atoms with E-state index in [9.17, 15) is 19.2 Å². The Balaban J connectivity index is 0.877. The predicted octanol–water partition coefficient (Wildman–Crippen LogP) is 10.3. The molecule has 1 fully saturated rings. The quantitative estimate of drug-likeness (QED) is 0.0489. The topological polar surface area (TPSA) is 174 Å². The number of amides is 3. The highest BCUT2D eigenvalue weighted by atomic mass is 32.1. The number of unbranched alkanes of at least 4 members (excludes halogenated alkanes) is 5. The molecule has 1 aliphatic heterocycles. The Morgan fingerprint density at radius 2 is 1.60 bits per heavy atom. The van der Waals surface area contributed by atoms with E-state index < -0.39 is 41.4 Å². The van der Waals surface area contributed by atoms with Crippen molar-refractivity contribution in [3.05, 3.63) is 119 Å². The molecule has 1 saturated heterocycles. The van der Waals surface area contributed by atoms with Crippen molar-refractivity contribution in [3.8, 4) is 27.3 Å². The van der Waals surface area contributed by atoms with Crippen LogP contribution in [0.2, 0.25) is 0 Å². The molecule has 2 N–H and O–H groups in total. The maximum absolute atomic E-state index is 14.4. The molecule has 2 unspecified atom stereocenters. The van der Waals surface area contributed by atoms with Gasteiger partial charge in [-0.2, -0.15) is 0 Å². The Hall–Kier alpha value is -6.65. The molecule has 15 nitrogen and oxygen atoms in total. The zero-order valence-electron chi connectivity index (χ0n) is 43.2. The number of ether oxygens (including phenoxy) is 2. The summed E-state index contributed by atoms with van der Waals surface area (Å²) in [5, 5.41) is 10.2. The van der Waals surface area contributed by atoms with Crippen LogP contribution in [0.25, 0.3) is 27.3 Å². The van der Waals surface area contributed by atoms with E-state index in [0.29, 0.717) is 6.61 Å². The van der Waals surface area contributed by atoms with Crippen LogP contribution in [0, 0.1) is 33.1 Å². The van der Waals surface area contributed by atoms with Crippen molar-refractivity contribution in [3.63, 3.8) is 0 Å². The maximum atomic E-state index is 14.4. The number of anilines is 2. The zero-order valence-corrected chi connectivity index (χ0v) is 44.0. The van der Waals surface area contributed by atoms with E-state index in [4.69, 9.17) is 14.0 Å². The smallest absolute Gasteiger partial charge is 0.302 e. The van der Waals surface area contributed by atoms with Crippen molar-refractivity contribution in [1.82, 2.24) is 35.2 Å². The first kappa shape index (κ1) is 53.2. The van der Waals surface area contributed by atoms with Gasteiger partial charge in [0, 0.05) is 61.5 Å². The second-order valence-corrected chi connectivity index (χ2v) is 20.8. The fraction of sp³-hybridized carbons (Fsp3) is 0.446. The van der Waals surface area contributed by atoms with Crippen LogP contribution in [0.15, 0.2) is 95.5 Å². The van der Waals surface area contributed by atoms with Crippen molar-refractivity contribution in [2.45, 2.75) is 131 Å². The molecular weight excluding hydrogens is 929 g/mol. The lowest BCUT2D eigenvalue weighted by Gasteiger charge is -2.35. The first-order valence-corrected chi connectivity index (χ1v) is 25.9. The maximum Gasteiger partial charge on any atom is 0.302 e. The van der Waals surface area contributed by atoms with Gasteiger partial charge in [0.1, 0.15) is 30.6 Å². The minimum absolute atomic E-state index is 0.0320. The minimum Gasteiger partial charge on any atom is -0.461 e. The Bertz CT molecular complexity index is 2740. The number of aromatic nitrogens is 4. The van der Waals surface area contributed by atoms with Crippen molar-refractivity contribution in [1.29, 1.82) is 0 Å². The molecule has 4 heterocycles. The van der Waals surface area contributed by atoms with Gasteiger partial charge < -0.3 is 39.0 Å². The van der Waals surface area contributed by atoms with Crippen LogP contribution in [0.5, 0.6) is 0 Å². The summed E-state index contributed by atoms with van der Waals surface area (Å²) in [6, 6.07) is 20.8. The number of carbonyl (C=O) groups is 4. The number of nitrogens with zero attached hydrogens (tertiary/aromatic N) is 6. The average molecular weight is 999 g/mol. The number of thiazole rings is 1. The number of likely N-dealkylation sites (tertiary alicyclic amines) is 1. The number of nitrogens with one attached hydrogen (secondary N) is 2. The number of imidazole rings is 1. The van der Waals surface area contributed by atoms with Gasteiger partial charge in [0.05, 0.1) is 40.7 Å². The first-order valence-electron chi connectivity index (χ1n) is 25.0. The van der Waals surface area contributed by atoms with Gasteiger partial charge in [-0.05, 0) is 105 Å². The number of benzene rings is 3. The van der Waals surface area contributed by atoms with E-state index in [0.717, 1.165) is 106 Å². The van der Waals surface area contributed by atoms with Crippen molar-refractivity contribution in [2.75, 3.05) is 31.2 Å². The summed E-state index contributed by atoms with van der Waals surface area (Å²) in [5.74, 6) is -0.899. The summed E-state index contributed by atoms with van der Waals surface area (Å²) in [7, 11) is 0. The van der Waals surface area contributed by atoms with Crippen LogP contribution in [0.1, 0.15) is 114 Å². The van der Waals surface area contributed by atoms with Crippen LogP contribution in [-0.4, -0.2) is 92.8 Å². The largest absolute Gasteiger partial charge is 0.461 e. The number of hydrogen-bond donors (Lipinski definition) is 2. The Kier molecular flexibility index (Phi) is 17.9.